The lowest BCUT2D eigenvalue weighted by molar-refractivity contribution is -0.124. The second-order valence-electron chi connectivity index (χ2n) is 11.7. The van der Waals surface area contributed by atoms with Crippen molar-refractivity contribution in [2.75, 3.05) is 19.6 Å². The number of fused-ring (bicyclic) bond motifs is 2. The van der Waals surface area contributed by atoms with Crippen LogP contribution in [0.25, 0.3) is 0 Å². The largest absolute Gasteiger partial charge is 0.303 e. The number of nitrogens with zero attached hydrogens (tertiary/aromatic N) is 1. The molecule has 2 heterocycles. The Morgan fingerprint density at radius 1 is 0.903 bits per heavy atom. The number of carbonyl (C=O) groups is 1. The molecule has 2 aliphatic heterocycles. The maximum absolute atomic E-state index is 13.3. The standard InChI is InChI=1S/C28H51NOSi/c1-5-6-7-8-9-10-11-12-13-14-15-17-26(18-23-31(2,3)4)27(30)24-28-19-16-21-29(25-28)22-20-28/h26H,5-17,19-22,24-25H2,1-4H3. The fraction of sp³-hybridized carbons (Fsp3) is 0.893. The molecule has 0 N–H and O–H groups in total. The van der Waals surface area contributed by atoms with Crippen LogP contribution in [0.3, 0.4) is 0 Å². The lowest BCUT2D eigenvalue weighted by Gasteiger charge is -2.34. The van der Waals surface area contributed by atoms with E-state index in [0.717, 1.165) is 19.4 Å². The van der Waals surface area contributed by atoms with Gasteiger partial charge >= 0.3 is 0 Å². The SMILES string of the molecule is CCCCCCCCCCCCCC(C#C[Si](C)(C)C)C(=O)CC12CCCN(CC1)C2. The van der Waals surface area contributed by atoms with Gasteiger partial charge in [-0.05, 0) is 44.2 Å². The molecule has 3 heteroatoms. The van der Waals surface area contributed by atoms with E-state index >= 15 is 0 Å². The summed E-state index contributed by atoms with van der Waals surface area (Å²) >= 11 is 0. The number of piperidine rings is 1. The topological polar surface area (TPSA) is 20.3 Å². The average Bonchev–Trinajstić information content (AvgIpc) is 3.00. The van der Waals surface area contributed by atoms with Gasteiger partial charge in [-0.25, -0.2) is 0 Å². The van der Waals surface area contributed by atoms with Gasteiger partial charge in [-0.3, -0.25) is 4.79 Å². The average molecular weight is 446 g/mol. The van der Waals surface area contributed by atoms with E-state index in [9.17, 15) is 4.79 Å². The molecule has 3 atom stereocenters. The van der Waals surface area contributed by atoms with Gasteiger partial charge in [0.05, 0.1) is 5.92 Å². The van der Waals surface area contributed by atoms with E-state index in [1.165, 1.54) is 103 Å². The Morgan fingerprint density at radius 2 is 1.52 bits per heavy atom. The van der Waals surface area contributed by atoms with Gasteiger partial charge in [-0.1, -0.05) is 103 Å². The van der Waals surface area contributed by atoms with Crippen molar-refractivity contribution in [3.8, 4) is 11.5 Å². The second kappa shape index (κ2) is 13.8. The van der Waals surface area contributed by atoms with Gasteiger partial charge < -0.3 is 4.90 Å². The van der Waals surface area contributed by atoms with Gasteiger partial charge in [0.15, 0.2) is 0 Å². The Bertz CT molecular complexity index is 580. The number of carbonyl (C=O) groups excluding carboxylic acids is 1. The van der Waals surface area contributed by atoms with Gasteiger partial charge in [-0.2, -0.15) is 0 Å². The van der Waals surface area contributed by atoms with E-state index in [2.05, 4.69) is 42.9 Å². The summed E-state index contributed by atoms with van der Waals surface area (Å²) in [4.78, 5) is 15.9. The molecule has 2 bridgehead atoms. The zero-order valence-electron chi connectivity index (χ0n) is 21.4. The minimum Gasteiger partial charge on any atom is -0.303 e. The number of Topliss-reactive ketones (excluding diaryl/α,β-unsaturated/α-hetero) is 1. The smallest absolute Gasteiger partial charge is 0.148 e. The number of unbranched alkanes of at least 4 members (excludes halogenated alkanes) is 10. The maximum atomic E-state index is 13.3. The van der Waals surface area contributed by atoms with Crippen LogP contribution < -0.4 is 0 Å². The third-order valence-electron chi connectivity index (χ3n) is 7.35. The van der Waals surface area contributed by atoms with Gasteiger partial charge in [0, 0.05) is 13.0 Å². The lowest BCUT2D eigenvalue weighted by atomic mass is 9.74. The highest BCUT2D eigenvalue weighted by molar-refractivity contribution is 6.83. The number of ketones is 1. The van der Waals surface area contributed by atoms with Crippen LogP contribution in [0.5, 0.6) is 0 Å². The normalized spacial score (nSPS) is 23.9. The highest BCUT2D eigenvalue weighted by Crippen LogP contribution is 2.43. The highest BCUT2D eigenvalue weighted by Gasteiger charge is 2.42. The summed E-state index contributed by atoms with van der Waals surface area (Å²) in [6, 6.07) is 0. The summed E-state index contributed by atoms with van der Waals surface area (Å²) < 4.78 is 0. The first kappa shape index (κ1) is 26.7. The van der Waals surface area contributed by atoms with Crippen molar-refractivity contribution >= 4 is 13.9 Å². The van der Waals surface area contributed by atoms with E-state index in [1.807, 2.05) is 0 Å². The maximum Gasteiger partial charge on any atom is 0.148 e. The molecule has 0 aromatic rings. The van der Waals surface area contributed by atoms with Crippen LogP contribution in [0.1, 0.15) is 110 Å². The molecule has 2 aliphatic rings. The summed E-state index contributed by atoms with van der Waals surface area (Å²) in [5.41, 5.74) is 3.81. The predicted molar refractivity (Wildman–Crippen MR) is 138 cm³/mol. The van der Waals surface area contributed by atoms with E-state index in [-0.39, 0.29) is 11.3 Å². The molecule has 3 unspecified atom stereocenters. The molecule has 2 rings (SSSR count). The Hall–Kier alpha value is -0.593. The minimum atomic E-state index is -1.44. The monoisotopic (exact) mass is 445 g/mol. The van der Waals surface area contributed by atoms with Crippen molar-refractivity contribution < 1.29 is 4.79 Å². The summed E-state index contributed by atoms with van der Waals surface area (Å²) in [7, 11) is -1.44. The van der Waals surface area contributed by atoms with Crippen LogP contribution >= 0.6 is 0 Å². The van der Waals surface area contributed by atoms with Crippen LogP contribution in [0.2, 0.25) is 19.6 Å². The molecule has 178 valence electrons. The Labute approximate surface area is 195 Å². The molecule has 31 heavy (non-hydrogen) atoms. The molecule has 2 saturated heterocycles. The first-order valence-corrected chi connectivity index (χ1v) is 17.1. The number of hydrogen-bond acceptors (Lipinski definition) is 2. The summed E-state index contributed by atoms with van der Waals surface area (Å²) in [6.07, 6.45) is 20.5. The molecule has 0 amide bonds. The summed E-state index contributed by atoms with van der Waals surface area (Å²) in [5, 5.41) is 0. The van der Waals surface area contributed by atoms with Gasteiger partial charge in [0.25, 0.3) is 0 Å². The van der Waals surface area contributed by atoms with Crippen molar-refractivity contribution in [2.45, 2.75) is 129 Å². The Morgan fingerprint density at radius 3 is 2.13 bits per heavy atom. The summed E-state index contributed by atoms with van der Waals surface area (Å²) in [5.74, 6) is 3.94. The van der Waals surface area contributed by atoms with E-state index in [0.29, 0.717) is 5.78 Å². The fourth-order valence-electron chi connectivity index (χ4n) is 5.46. The molecule has 0 aromatic heterocycles. The zero-order valence-corrected chi connectivity index (χ0v) is 22.4. The van der Waals surface area contributed by atoms with Gasteiger partial charge in [0.1, 0.15) is 13.9 Å². The van der Waals surface area contributed by atoms with E-state index in [1.54, 1.807) is 0 Å². The number of hydrogen-bond donors (Lipinski definition) is 0. The molecule has 0 saturated carbocycles. The van der Waals surface area contributed by atoms with Crippen LogP contribution in [0.4, 0.5) is 0 Å². The second-order valence-corrected chi connectivity index (χ2v) is 16.4. The molecule has 0 aromatic carbocycles. The van der Waals surface area contributed by atoms with Crippen molar-refractivity contribution in [3.63, 3.8) is 0 Å². The molecule has 0 spiro atoms. The Balaban J connectivity index is 1.71. The third kappa shape index (κ3) is 10.7. The fourth-order valence-corrected chi connectivity index (χ4v) is 6.06. The highest BCUT2D eigenvalue weighted by atomic mass is 28.3. The summed E-state index contributed by atoms with van der Waals surface area (Å²) in [6.45, 7) is 12.8. The van der Waals surface area contributed by atoms with Crippen molar-refractivity contribution in [1.82, 2.24) is 4.90 Å². The quantitative estimate of drug-likeness (QED) is 0.147. The molecule has 2 fully saturated rings. The number of rotatable bonds is 15. The first-order chi connectivity index (χ1) is 14.8. The van der Waals surface area contributed by atoms with Crippen LogP contribution in [-0.2, 0) is 4.79 Å². The van der Waals surface area contributed by atoms with Crippen LogP contribution in [-0.4, -0.2) is 38.4 Å². The van der Waals surface area contributed by atoms with E-state index < -0.39 is 8.07 Å². The van der Waals surface area contributed by atoms with Crippen LogP contribution in [0, 0.1) is 22.8 Å². The minimum absolute atomic E-state index is 0.00404. The first-order valence-electron chi connectivity index (χ1n) is 13.6. The molecular formula is C28H51NOSi. The zero-order chi connectivity index (χ0) is 22.6. The Kier molecular flexibility index (Phi) is 11.9. The lowest BCUT2D eigenvalue weighted by Crippen LogP contribution is -2.36. The van der Waals surface area contributed by atoms with E-state index in [4.69, 9.17) is 0 Å². The van der Waals surface area contributed by atoms with Crippen molar-refractivity contribution in [1.29, 1.82) is 0 Å². The molecule has 0 aliphatic carbocycles. The molecular weight excluding hydrogens is 394 g/mol. The predicted octanol–water partition coefficient (Wildman–Crippen LogP) is 7.63. The van der Waals surface area contributed by atoms with Crippen LogP contribution in [0.15, 0.2) is 0 Å². The van der Waals surface area contributed by atoms with Crippen molar-refractivity contribution in [2.24, 2.45) is 11.3 Å². The van der Waals surface area contributed by atoms with Gasteiger partial charge in [-0.15, -0.1) is 5.54 Å². The molecule has 0 radical (unpaired) electrons. The third-order valence-corrected chi connectivity index (χ3v) is 8.25. The van der Waals surface area contributed by atoms with Gasteiger partial charge in [0.2, 0.25) is 0 Å². The molecule has 2 nitrogen and oxygen atoms in total. The van der Waals surface area contributed by atoms with Crippen molar-refractivity contribution in [3.05, 3.63) is 0 Å².